The van der Waals surface area contributed by atoms with Gasteiger partial charge in [0, 0.05) is 125 Å². The molecule has 0 aliphatic carbocycles. The van der Waals surface area contributed by atoms with Crippen LogP contribution >= 0.6 is 28.8 Å². The molecule has 0 bridgehead atoms. The Labute approximate surface area is 685 Å². The zero-order valence-electron chi connectivity index (χ0n) is 73.3. The van der Waals surface area contributed by atoms with Crippen LogP contribution in [0, 0.1) is 36.5 Å². The van der Waals surface area contributed by atoms with Crippen molar-refractivity contribution in [3.05, 3.63) is 56.3 Å². The number of amides is 2. The van der Waals surface area contributed by atoms with Gasteiger partial charge in [-0.1, -0.05) is 57.8 Å². The number of carbonyl (C=O) groups is 3. The summed E-state index contributed by atoms with van der Waals surface area (Å²) in [7, 11) is -4.84. The molecule has 6 rings (SSSR count). The van der Waals surface area contributed by atoms with Crippen molar-refractivity contribution in [3.8, 4) is 12.1 Å². The molecule has 12 unspecified atom stereocenters. The molecule has 34 heteroatoms. The molecule has 12 atom stereocenters. The van der Waals surface area contributed by atoms with E-state index in [4.69, 9.17) is 57.8 Å². The van der Waals surface area contributed by atoms with Gasteiger partial charge in [0.1, 0.15) is 54.1 Å². The maximum Gasteiger partial charge on any atom is 0.351 e. The van der Waals surface area contributed by atoms with E-state index < -0.39 is 73.3 Å². The maximum absolute atomic E-state index is 13.3. The minimum absolute atomic E-state index is 0.00571. The third-order valence-electron chi connectivity index (χ3n) is 19.5. The fourth-order valence-corrected chi connectivity index (χ4v) is 18.8. The van der Waals surface area contributed by atoms with Gasteiger partial charge in [-0.25, -0.2) is 23.7 Å². The summed E-state index contributed by atoms with van der Waals surface area (Å²) in [5, 5.41) is 42.1. The van der Waals surface area contributed by atoms with Gasteiger partial charge in [0.05, 0.1) is 88.2 Å². The van der Waals surface area contributed by atoms with Crippen molar-refractivity contribution in [3.63, 3.8) is 0 Å². The average molecular weight is 1660 g/mol. The van der Waals surface area contributed by atoms with Crippen molar-refractivity contribution in [2.45, 2.75) is 296 Å². The quantitative estimate of drug-likeness (QED) is 0.0106. The molecule has 642 valence electrons. The van der Waals surface area contributed by atoms with Gasteiger partial charge in [-0.15, -0.1) is 9.60 Å². The number of nitrogens with one attached hydrogen (secondary N) is 7. The Kier molecular flexibility index (Phi) is 46.6. The molecule has 0 saturated carbocycles. The van der Waals surface area contributed by atoms with E-state index in [-0.39, 0.29) is 87.8 Å². The smallest absolute Gasteiger partial charge is 0.351 e. The number of nitrogens with zero attached hydrogens (tertiary/aromatic N) is 9. The van der Waals surface area contributed by atoms with Crippen LogP contribution in [0.5, 0.6) is 0 Å². The number of ether oxygens (including phenoxy) is 5. The number of anilines is 2. The third kappa shape index (κ3) is 37.3. The average Bonchev–Trinajstić information content (AvgIpc) is 1.69. The van der Waals surface area contributed by atoms with E-state index in [0.717, 1.165) is 133 Å². The van der Waals surface area contributed by atoms with Crippen molar-refractivity contribution >= 4 is 58.0 Å². The number of aromatic nitrogens is 4. The molecular weight excluding hydrogens is 1510 g/mol. The summed E-state index contributed by atoms with van der Waals surface area (Å²) in [6, 6.07) is 5.11. The Balaban J connectivity index is 0.000000473. The number of fused-ring (bicyclic) bond motifs is 1. The van der Waals surface area contributed by atoms with Crippen LogP contribution in [0.1, 0.15) is 239 Å². The Bertz CT molecular complexity index is 3380. The van der Waals surface area contributed by atoms with Crippen LogP contribution < -0.4 is 48.6 Å². The fourth-order valence-electron chi connectivity index (χ4n) is 13.8. The van der Waals surface area contributed by atoms with E-state index in [2.05, 4.69) is 68.7 Å². The van der Waals surface area contributed by atoms with E-state index >= 15 is 0 Å². The van der Waals surface area contributed by atoms with Gasteiger partial charge in [-0.3, -0.25) is 18.7 Å². The summed E-state index contributed by atoms with van der Waals surface area (Å²) < 4.78 is 103. The van der Waals surface area contributed by atoms with Gasteiger partial charge in [0.25, 0.3) is 8.53 Å². The summed E-state index contributed by atoms with van der Waals surface area (Å²) in [6.45, 7) is 26.2. The van der Waals surface area contributed by atoms with E-state index in [1.54, 1.807) is 18.5 Å². The lowest BCUT2D eigenvalue weighted by molar-refractivity contribution is -0.119. The number of rotatable bonds is 63. The van der Waals surface area contributed by atoms with Gasteiger partial charge in [-0.05, 0) is 160 Å². The van der Waals surface area contributed by atoms with Crippen LogP contribution in [0.3, 0.4) is 0 Å². The SMILES string of the molecule is [2H]C([3H])OCC1OC(n2cc(C)c(NCCCCCCN(F)COC)nc2=O)CC1OP(OCCC#N)N(C(C)C)C(C)C.[2H]C([3H])OCC1OC(n2cc(C)c(NCCCCCCNCC(=O)CCCCCNCC(=O)CCCCCNCCCCCCC3SCC4NC(=O)NC43)nc2=O)C=C1OP(OCCC#N)N(C(C)C)C(C)C. The monoisotopic (exact) mass is 1660 g/mol. The number of ketones is 2. The van der Waals surface area contributed by atoms with Crippen LogP contribution in [0.25, 0.3) is 0 Å². The van der Waals surface area contributed by atoms with Gasteiger partial charge in [0.2, 0.25) is 0 Å². The van der Waals surface area contributed by atoms with Crippen LogP contribution in [0.4, 0.5) is 20.9 Å². The molecule has 2 aromatic rings. The molecule has 2 aromatic heterocycles. The number of thioether (sulfide) groups is 1. The molecule has 3 fully saturated rings. The number of aryl methyl sites for hydroxylation is 2. The number of hydrogen-bond donors (Lipinski definition) is 7. The second-order valence-electron chi connectivity index (χ2n) is 30.3. The molecule has 0 spiro atoms. The highest BCUT2D eigenvalue weighted by Gasteiger charge is 2.44. The zero-order chi connectivity index (χ0) is 85.4. The van der Waals surface area contributed by atoms with Crippen LogP contribution in [0.15, 0.2) is 33.8 Å². The van der Waals surface area contributed by atoms with Crippen LogP contribution in [-0.4, -0.2) is 230 Å². The predicted octanol–water partition coefficient (Wildman–Crippen LogP) is 12.3. The number of unbranched alkanes of at least 4 members (excludes halogenated alkanes) is 13. The second kappa shape index (κ2) is 57.2. The number of nitriles is 2. The largest absolute Gasteiger partial charge is 0.438 e. The number of urea groups is 1. The molecule has 7 N–H and O–H groups in total. The van der Waals surface area contributed by atoms with Crippen molar-refractivity contribution in [2.75, 3.05) is 130 Å². The maximum atomic E-state index is 13.3. The van der Waals surface area contributed by atoms with Crippen LogP contribution in [0.2, 0.25) is 0 Å². The Morgan fingerprint density at radius 3 is 1.74 bits per heavy atom. The van der Waals surface area contributed by atoms with Gasteiger partial charge < -0.3 is 79.0 Å². The third-order valence-corrected chi connectivity index (χ3v) is 25.2. The molecule has 4 aliphatic heterocycles. The van der Waals surface area contributed by atoms with Crippen molar-refractivity contribution in [1.82, 2.24) is 60.1 Å². The number of hydrogen-bond acceptors (Lipinski definition) is 27. The standard InChI is InChI=1S/C51H89N10O8PS.C28H50FN6O6P/c1-38(2)61(39(3)4)70(67-31-21-25-52)69-44-32-47(68-45(44)36-66-6)60-35-40(5)49(59-51(60)65)56-30-20-10-9-17-28-54-33-42(63)23-14-12-19-29-55-34-41(62)22-13-11-18-27-53-26-16-8-7-15-24-46-48-43(37-71-46)57-50(64)58-48;1-21(2)35(22(3)4)42(39-16-12-13-30)41-24-17-26(40-25(24)19-37-6)34-18-23(5)27(32-28(34)36)31-14-10-8-9-11-15-33(29)20-38-7/h32,35,38-39,43,45-48,53-55H,7-24,26-31,33-34,36-37H2,1-6H3,(H,56,59,65)(H2,57,58,64);18,21-22,24-26H,8-12,14-17,19-20H2,1-7H3,(H,31,32,36)/i2*6TD. The Morgan fingerprint density at radius 1 is 0.681 bits per heavy atom. The molecule has 4 aliphatic rings. The van der Waals surface area contributed by atoms with E-state index in [1.807, 2.05) is 81.0 Å². The van der Waals surface area contributed by atoms with E-state index in [9.17, 15) is 28.5 Å². The summed E-state index contributed by atoms with van der Waals surface area (Å²) in [5.74, 6) is 2.89. The van der Waals surface area contributed by atoms with Crippen molar-refractivity contribution in [1.29, 1.82) is 10.5 Å². The molecule has 113 heavy (non-hydrogen) atoms. The first kappa shape index (κ1) is 92.0. The first-order valence-electron chi connectivity index (χ1n) is 43.4. The highest BCUT2D eigenvalue weighted by atomic mass is 32.2. The molecule has 3 saturated heterocycles. The Morgan fingerprint density at radius 2 is 1.19 bits per heavy atom. The molecule has 0 aromatic carbocycles. The van der Waals surface area contributed by atoms with Gasteiger partial charge in [-0.2, -0.15) is 32.3 Å². The topological polar surface area (TPSA) is 346 Å². The number of carbonyl (C=O) groups excluding carboxylic acids is 3. The molecule has 0 radical (unpaired) electrons. The number of halogens is 1. The Hall–Kier alpha value is -4.93. The van der Waals surface area contributed by atoms with Crippen LogP contribution in [-0.2, 0) is 51.4 Å². The van der Waals surface area contributed by atoms with E-state index in [1.165, 1.54) is 48.3 Å². The normalized spacial score (nSPS) is 21.0. The summed E-state index contributed by atoms with van der Waals surface area (Å²) in [5.41, 5.74) is 0.522. The fraction of sp³-hybridized carbons (Fsp3) is 0.810. The van der Waals surface area contributed by atoms with Gasteiger partial charge >= 0.3 is 25.9 Å². The number of methoxy groups -OCH3 is 3. The summed E-state index contributed by atoms with van der Waals surface area (Å²) in [6.07, 6.45) is 22.6. The molecular formula is C79H139FN16O14P2S. The number of Topliss-reactive ketones (excluding diaryl/α,β-unsaturated/α-hetero) is 2. The molecule has 6 heterocycles. The zero-order valence-corrected chi connectivity index (χ0v) is 71.9. The first-order valence-corrected chi connectivity index (χ1v) is 44.4. The second-order valence-corrected chi connectivity index (χ2v) is 34.3. The first-order chi connectivity index (χ1) is 56.2. The summed E-state index contributed by atoms with van der Waals surface area (Å²) >= 11 is 1.99. The molecule has 2 amide bonds. The molecule has 30 nitrogen and oxygen atoms in total. The van der Waals surface area contributed by atoms with E-state index in [0.29, 0.717) is 91.8 Å². The highest BCUT2D eigenvalue weighted by Crippen LogP contribution is 2.51. The minimum atomic E-state index is -1.67. The highest BCUT2D eigenvalue weighted by molar-refractivity contribution is 8.00. The summed E-state index contributed by atoms with van der Waals surface area (Å²) in [4.78, 5) is 71.3. The minimum Gasteiger partial charge on any atom is -0.438 e. The van der Waals surface area contributed by atoms with Crippen molar-refractivity contribution < 1.29 is 66.1 Å². The lowest BCUT2D eigenvalue weighted by Gasteiger charge is -2.37. The van der Waals surface area contributed by atoms with Gasteiger partial charge in [0.15, 0.2) is 6.23 Å². The lowest BCUT2D eigenvalue weighted by atomic mass is 10.0. The van der Waals surface area contributed by atoms with Crippen molar-refractivity contribution in [2.24, 2.45) is 0 Å². The lowest BCUT2D eigenvalue weighted by Crippen LogP contribution is -2.36. The predicted molar refractivity (Wildman–Crippen MR) is 445 cm³/mol.